The van der Waals surface area contributed by atoms with Gasteiger partial charge in [-0.05, 0) is 31.4 Å². The molecule has 2 amide bonds. The summed E-state index contributed by atoms with van der Waals surface area (Å²) in [6, 6.07) is 2.85. The van der Waals surface area contributed by atoms with Crippen LogP contribution in [0.15, 0.2) is 12.1 Å². The number of anilines is 1. The highest BCUT2D eigenvalue weighted by Crippen LogP contribution is 2.21. The first-order valence-electron chi connectivity index (χ1n) is 6.86. The minimum atomic E-state index is -0.891. The van der Waals surface area contributed by atoms with E-state index in [0.717, 1.165) is 18.5 Å². The molecule has 0 fully saturated rings. The van der Waals surface area contributed by atoms with Crippen molar-refractivity contribution < 1.29 is 19.5 Å². The van der Waals surface area contributed by atoms with E-state index in [4.69, 9.17) is 5.11 Å². The van der Waals surface area contributed by atoms with E-state index in [1.54, 1.807) is 12.1 Å². The fourth-order valence-corrected chi connectivity index (χ4v) is 2.17. The minimum absolute atomic E-state index is 0.0134. The molecule has 21 heavy (non-hydrogen) atoms. The lowest BCUT2D eigenvalue weighted by Gasteiger charge is -2.15. The summed E-state index contributed by atoms with van der Waals surface area (Å²) in [5, 5.41) is 13.6. The smallest absolute Gasteiger partial charge is 0.320 e. The zero-order chi connectivity index (χ0) is 15.2. The van der Waals surface area contributed by atoms with Crippen LogP contribution >= 0.6 is 0 Å². The number of carbonyl (C=O) groups excluding carboxylic acids is 2. The zero-order valence-corrected chi connectivity index (χ0v) is 11.5. The number of hydrogen-bond donors (Lipinski definition) is 3. The summed E-state index contributed by atoms with van der Waals surface area (Å²) in [5.41, 5.74) is 1.35. The molecule has 0 bridgehead atoms. The largest absolute Gasteiger partial charge is 0.481 e. The number of hydrogen-bond acceptors (Lipinski definition) is 4. The summed E-state index contributed by atoms with van der Waals surface area (Å²) in [6.07, 6.45) is 2.44. The lowest BCUT2D eigenvalue weighted by atomic mass is 9.95. The van der Waals surface area contributed by atoms with E-state index >= 15 is 0 Å². The van der Waals surface area contributed by atoms with Crippen molar-refractivity contribution in [3.63, 3.8) is 0 Å². The Bertz CT molecular complexity index is 571. The summed E-state index contributed by atoms with van der Waals surface area (Å²) in [7, 11) is 0. The second kappa shape index (κ2) is 6.83. The first kappa shape index (κ1) is 15.0. The summed E-state index contributed by atoms with van der Waals surface area (Å²) in [6.45, 7) is 0.279. The third kappa shape index (κ3) is 4.27. The van der Waals surface area contributed by atoms with Gasteiger partial charge in [-0.2, -0.15) is 0 Å². The van der Waals surface area contributed by atoms with Crippen molar-refractivity contribution in [1.82, 2.24) is 10.3 Å². The second-order valence-electron chi connectivity index (χ2n) is 4.85. The van der Waals surface area contributed by atoms with Crippen molar-refractivity contribution in [3.05, 3.63) is 23.4 Å². The number of aromatic nitrogens is 1. The minimum Gasteiger partial charge on any atom is -0.481 e. The maximum atomic E-state index is 11.7. The first-order chi connectivity index (χ1) is 10.1. The SMILES string of the molecule is O=C(O)CCCNC(=O)Nc1ccc2c(n1)CCCC2=O. The Hall–Kier alpha value is -2.44. The number of carboxylic acid groups (broad SMARTS) is 1. The number of Topliss-reactive ketones (excluding diaryl/α,β-unsaturated/α-hetero) is 1. The number of fused-ring (bicyclic) bond motifs is 1. The third-order valence-electron chi connectivity index (χ3n) is 3.19. The Kier molecular flexibility index (Phi) is 4.86. The first-order valence-corrected chi connectivity index (χ1v) is 6.86. The van der Waals surface area contributed by atoms with E-state index in [9.17, 15) is 14.4 Å². The molecule has 1 aliphatic rings. The predicted molar refractivity (Wildman–Crippen MR) is 75.4 cm³/mol. The fraction of sp³-hybridized carbons (Fsp3) is 0.429. The molecule has 0 saturated heterocycles. The van der Waals surface area contributed by atoms with Gasteiger partial charge in [0, 0.05) is 24.9 Å². The molecule has 0 unspecified atom stereocenters. The fourth-order valence-electron chi connectivity index (χ4n) is 2.17. The van der Waals surface area contributed by atoms with Gasteiger partial charge in [-0.25, -0.2) is 9.78 Å². The molecule has 2 rings (SSSR count). The number of nitrogens with zero attached hydrogens (tertiary/aromatic N) is 1. The van der Waals surface area contributed by atoms with Gasteiger partial charge in [-0.3, -0.25) is 14.9 Å². The average molecular weight is 291 g/mol. The van der Waals surface area contributed by atoms with Crippen LogP contribution in [0.25, 0.3) is 0 Å². The van der Waals surface area contributed by atoms with Crippen molar-refractivity contribution in [2.24, 2.45) is 0 Å². The van der Waals surface area contributed by atoms with Crippen LogP contribution in [0.5, 0.6) is 0 Å². The molecule has 0 spiro atoms. The van der Waals surface area contributed by atoms with E-state index in [0.29, 0.717) is 24.2 Å². The van der Waals surface area contributed by atoms with Crippen molar-refractivity contribution in [3.8, 4) is 0 Å². The molecule has 1 heterocycles. The molecule has 0 saturated carbocycles. The highest BCUT2D eigenvalue weighted by atomic mass is 16.4. The lowest BCUT2D eigenvalue weighted by Crippen LogP contribution is -2.30. The van der Waals surface area contributed by atoms with Gasteiger partial charge in [-0.1, -0.05) is 0 Å². The van der Waals surface area contributed by atoms with Gasteiger partial charge in [-0.15, -0.1) is 0 Å². The summed E-state index contributed by atoms with van der Waals surface area (Å²) < 4.78 is 0. The molecular formula is C14H17N3O4. The van der Waals surface area contributed by atoms with Crippen LogP contribution in [0, 0.1) is 0 Å². The number of carbonyl (C=O) groups is 3. The summed E-state index contributed by atoms with van der Waals surface area (Å²) >= 11 is 0. The lowest BCUT2D eigenvalue weighted by molar-refractivity contribution is -0.137. The molecule has 0 aliphatic heterocycles. The van der Waals surface area contributed by atoms with Crippen molar-refractivity contribution in [2.45, 2.75) is 32.1 Å². The van der Waals surface area contributed by atoms with Crippen LogP contribution < -0.4 is 10.6 Å². The van der Waals surface area contributed by atoms with E-state index in [-0.39, 0.29) is 18.7 Å². The average Bonchev–Trinajstić information content (AvgIpc) is 2.43. The Labute approximate surface area is 121 Å². The van der Waals surface area contributed by atoms with Gasteiger partial charge in [0.05, 0.1) is 5.69 Å². The highest BCUT2D eigenvalue weighted by Gasteiger charge is 2.18. The van der Waals surface area contributed by atoms with E-state index in [1.807, 2.05) is 0 Å². The number of urea groups is 1. The number of rotatable bonds is 5. The van der Waals surface area contributed by atoms with E-state index in [1.165, 1.54) is 0 Å². The maximum absolute atomic E-state index is 11.7. The normalized spacial score (nSPS) is 13.4. The number of carboxylic acids is 1. The van der Waals surface area contributed by atoms with Crippen LogP contribution in [0.3, 0.4) is 0 Å². The van der Waals surface area contributed by atoms with Crippen LogP contribution in [-0.2, 0) is 11.2 Å². The van der Waals surface area contributed by atoms with Crippen LogP contribution in [0.4, 0.5) is 10.6 Å². The van der Waals surface area contributed by atoms with Crippen LogP contribution in [0.1, 0.15) is 41.7 Å². The van der Waals surface area contributed by atoms with Crippen LogP contribution in [0.2, 0.25) is 0 Å². The van der Waals surface area contributed by atoms with Gasteiger partial charge in [0.15, 0.2) is 5.78 Å². The Morgan fingerprint density at radius 1 is 1.29 bits per heavy atom. The molecule has 1 aliphatic carbocycles. The molecule has 0 radical (unpaired) electrons. The number of amides is 2. The van der Waals surface area contributed by atoms with E-state index in [2.05, 4.69) is 15.6 Å². The molecule has 0 atom stereocenters. The molecule has 0 aromatic carbocycles. The molecule has 7 heteroatoms. The molecule has 112 valence electrons. The number of aliphatic carboxylic acids is 1. The molecule has 1 aromatic rings. The Balaban J connectivity index is 1.87. The van der Waals surface area contributed by atoms with E-state index < -0.39 is 12.0 Å². The topological polar surface area (TPSA) is 108 Å². The van der Waals surface area contributed by atoms with Crippen molar-refractivity contribution in [2.75, 3.05) is 11.9 Å². The number of ketones is 1. The quantitative estimate of drug-likeness (QED) is 0.714. The number of nitrogens with one attached hydrogen (secondary N) is 2. The summed E-state index contributed by atoms with van der Waals surface area (Å²) in [4.78, 5) is 37.9. The monoisotopic (exact) mass is 291 g/mol. The van der Waals surface area contributed by atoms with Gasteiger partial charge in [0.25, 0.3) is 0 Å². The van der Waals surface area contributed by atoms with Gasteiger partial charge in [0.2, 0.25) is 0 Å². The molecule has 7 nitrogen and oxygen atoms in total. The van der Waals surface area contributed by atoms with Gasteiger partial charge >= 0.3 is 12.0 Å². The van der Waals surface area contributed by atoms with Crippen molar-refractivity contribution in [1.29, 1.82) is 0 Å². The molecule has 1 aromatic heterocycles. The molecule has 3 N–H and O–H groups in total. The van der Waals surface area contributed by atoms with Gasteiger partial charge < -0.3 is 10.4 Å². The van der Waals surface area contributed by atoms with Crippen LogP contribution in [-0.4, -0.2) is 34.4 Å². The summed E-state index contributed by atoms with van der Waals surface area (Å²) in [5.74, 6) is -0.411. The predicted octanol–water partition coefficient (Wildman–Crippen LogP) is 1.59. The third-order valence-corrected chi connectivity index (χ3v) is 3.19. The standard InChI is InChI=1S/C14H17N3O4/c18-11-4-1-3-10-9(11)6-7-12(16-10)17-14(21)15-8-2-5-13(19)20/h6-7H,1-5,8H2,(H,19,20)(H2,15,16,17,21). The number of pyridine rings is 1. The Morgan fingerprint density at radius 3 is 2.86 bits per heavy atom. The molecular weight excluding hydrogens is 274 g/mol. The zero-order valence-electron chi connectivity index (χ0n) is 11.5. The Morgan fingerprint density at radius 2 is 2.10 bits per heavy atom. The second-order valence-corrected chi connectivity index (χ2v) is 4.85. The number of aryl methyl sites for hydroxylation is 1. The maximum Gasteiger partial charge on any atom is 0.320 e. The van der Waals surface area contributed by atoms with Gasteiger partial charge in [0.1, 0.15) is 5.82 Å². The highest BCUT2D eigenvalue weighted by molar-refractivity contribution is 5.98. The van der Waals surface area contributed by atoms with Crippen molar-refractivity contribution >= 4 is 23.6 Å².